The molecule has 0 saturated carbocycles. The molecule has 3 heteroatoms. The van der Waals surface area contributed by atoms with Crippen LogP contribution in [0, 0.1) is 6.57 Å². The fourth-order valence-corrected chi connectivity index (χ4v) is 6.77. The second-order valence-corrected chi connectivity index (χ2v) is 12.6. The Morgan fingerprint density at radius 2 is 1.00 bits per heavy atom. The molecule has 0 radical (unpaired) electrons. The minimum atomic E-state index is -0.135. The quantitative estimate of drug-likeness (QED) is 0.184. The zero-order chi connectivity index (χ0) is 32.0. The molecule has 1 aliphatic carbocycles. The number of aromatic nitrogens is 2. The molecule has 7 aromatic rings. The molecule has 8 rings (SSSR count). The summed E-state index contributed by atoms with van der Waals surface area (Å²) in [4.78, 5) is 13.8. The van der Waals surface area contributed by atoms with Gasteiger partial charge in [-0.2, -0.15) is 0 Å². The van der Waals surface area contributed by atoms with E-state index in [1.165, 1.54) is 27.8 Å². The van der Waals surface area contributed by atoms with Gasteiger partial charge in [0.05, 0.1) is 18.0 Å². The van der Waals surface area contributed by atoms with Gasteiger partial charge in [-0.3, -0.25) is 0 Å². The van der Waals surface area contributed by atoms with Crippen LogP contribution in [0.3, 0.4) is 0 Å². The molecule has 0 unspecified atom stereocenters. The normalized spacial score (nSPS) is 12.6. The van der Waals surface area contributed by atoms with Crippen molar-refractivity contribution in [2.75, 3.05) is 0 Å². The van der Waals surface area contributed by atoms with Crippen molar-refractivity contribution in [1.82, 2.24) is 9.97 Å². The van der Waals surface area contributed by atoms with E-state index in [4.69, 9.17) is 16.5 Å². The summed E-state index contributed by atoms with van der Waals surface area (Å²) in [6.45, 7) is 12.0. The summed E-state index contributed by atoms with van der Waals surface area (Å²) in [6, 6.07) is 52.7. The van der Waals surface area contributed by atoms with E-state index in [0.717, 1.165) is 44.8 Å². The fraction of sp³-hybridized carbons (Fsp3) is 0.0682. The van der Waals surface area contributed by atoms with E-state index in [2.05, 4.69) is 134 Å². The van der Waals surface area contributed by atoms with Gasteiger partial charge in [0.15, 0.2) is 11.5 Å². The number of fused-ring (bicyclic) bond motifs is 3. The van der Waals surface area contributed by atoms with E-state index in [0.29, 0.717) is 11.5 Å². The van der Waals surface area contributed by atoms with Gasteiger partial charge in [-0.15, -0.1) is 0 Å². The molecule has 0 aliphatic heterocycles. The SMILES string of the molecule is [C-]#[N+]c1ccc2c(c1)-c1ccc(-c3ccc(-c4cc(-c5ccccc5)nc(-c5cccc(-c6ccccc6)c5)n4)cc3)cc1C2(C)C. The van der Waals surface area contributed by atoms with Crippen LogP contribution in [-0.4, -0.2) is 9.97 Å². The van der Waals surface area contributed by atoms with Gasteiger partial charge < -0.3 is 0 Å². The maximum Gasteiger partial charge on any atom is 0.187 e. The average Bonchev–Trinajstić information content (AvgIpc) is 3.37. The second-order valence-electron chi connectivity index (χ2n) is 12.6. The number of hydrogen-bond acceptors (Lipinski definition) is 2. The summed E-state index contributed by atoms with van der Waals surface area (Å²) in [5.74, 6) is 0.699. The van der Waals surface area contributed by atoms with Gasteiger partial charge in [-0.1, -0.05) is 141 Å². The molecule has 0 saturated heterocycles. The zero-order valence-electron chi connectivity index (χ0n) is 26.3. The first-order valence-electron chi connectivity index (χ1n) is 15.9. The molecule has 0 atom stereocenters. The molecule has 6 aromatic carbocycles. The van der Waals surface area contributed by atoms with Crippen molar-refractivity contribution < 1.29 is 0 Å². The zero-order valence-corrected chi connectivity index (χ0v) is 26.3. The molecule has 0 bridgehead atoms. The smallest absolute Gasteiger partial charge is 0.187 e. The summed E-state index contributed by atoms with van der Waals surface area (Å²) in [6.07, 6.45) is 0. The maximum absolute atomic E-state index is 7.48. The van der Waals surface area contributed by atoms with E-state index >= 15 is 0 Å². The maximum atomic E-state index is 7.48. The first kappa shape index (κ1) is 28.4. The number of rotatable bonds is 5. The Morgan fingerprint density at radius 1 is 0.447 bits per heavy atom. The van der Waals surface area contributed by atoms with Crippen molar-refractivity contribution in [1.29, 1.82) is 0 Å². The van der Waals surface area contributed by atoms with E-state index in [9.17, 15) is 0 Å². The van der Waals surface area contributed by atoms with Gasteiger partial charge in [0.1, 0.15) is 0 Å². The van der Waals surface area contributed by atoms with Crippen molar-refractivity contribution in [3.05, 3.63) is 174 Å². The van der Waals surface area contributed by atoms with Gasteiger partial charge in [0.25, 0.3) is 0 Å². The standard InChI is InChI=1S/C44H31N3/c1-44(2)39-24-22-36(45-3)27-38(39)37-23-21-34(26-40(37)44)30-17-19-32(20-18-30)42-28-41(31-13-8-5-9-14-31)46-43(47-42)35-16-10-15-33(25-35)29-11-6-4-7-12-29/h4-28H,1-2H3. The van der Waals surface area contributed by atoms with E-state index in [1.54, 1.807) is 0 Å². The molecule has 1 aliphatic rings. The van der Waals surface area contributed by atoms with Crippen LogP contribution in [0.5, 0.6) is 0 Å². The third kappa shape index (κ3) is 5.11. The Labute approximate surface area is 275 Å². The largest absolute Gasteiger partial charge is 0.238 e. The highest BCUT2D eigenvalue weighted by Gasteiger charge is 2.35. The predicted octanol–water partition coefficient (Wildman–Crippen LogP) is 11.7. The van der Waals surface area contributed by atoms with Crippen molar-refractivity contribution in [2.45, 2.75) is 19.3 Å². The molecule has 0 amide bonds. The molecule has 0 fully saturated rings. The summed E-state index contributed by atoms with van der Waals surface area (Å²) in [7, 11) is 0. The molecule has 1 aromatic heterocycles. The second kappa shape index (κ2) is 11.4. The lowest BCUT2D eigenvalue weighted by atomic mass is 9.81. The summed E-state index contributed by atoms with van der Waals surface area (Å²) in [5, 5.41) is 0. The van der Waals surface area contributed by atoms with Crippen LogP contribution in [0.1, 0.15) is 25.0 Å². The highest BCUT2D eigenvalue weighted by Crippen LogP contribution is 2.50. The van der Waals surface area contributed by atoms with E-state index in [1.807, 2.05) is 36.4 Å². The van der Waals surface area contributed by atoms with Gasteiger partial charge in [0, 0.05) is 22.1 Å². The van der Waals surface area contributed by atoms with Crippen LogP contribution in [0.15, 0.2) is 152 Å². The predicted molar refractivity (Wildman–Crippen MR) is 193 cm³/mol. The Morgan fingerprint density at radius 3 is 1.70 bits per heavy atom. The average molecular weight is 602 g/mol. The van der Waals surface area contributed by atoms with Crippen LogP contribution >= 0.6 is 0 Å². The molecular weight excluding hydrogens is 571 g/mol. The topological polar surface area (TPSA) is 30.1 Å². The molecule has 1 heterocycles. The molecular formula is C44H31N3. The third-order valence-electron chi connectivity index (χ3n) is 9.33. The van der Waals surface area contributed by atoms with Crippen molar-refractivity contribution in [3.63, 3.8) is 0 Å². The number of benzene rings is 6. The fourth-order valence-electron chi connectivity index (χ4n) is 6.77. The molecule has 3 nitrogen and oxygen atoms in total. The molecule has 0 N–H and O–H groups in total. The molecule has 222 valence electrons. The third-order valence-corrected chi connectivity index (χ3v) is 9.33. The lowest BCUT2D eigenvalue weighted by molar-refractivity contribution is 0.661. The number of nitrogens with zero attached hydrogens (tertiary/aromatic N) is 3. The van der Waals surface area contributed by atoms with Crippen LogP contribution in [0.2, 0.25) is 0 Å². The minimum absolute atomic E-state index is 0.135. The Bertz CT molecular complexity index is 2310. The van der Waals surface area contributed by atoms with Crippen LogP contribution in [-0.2, 0) is 5.41 Å². The summed E-state index contributed by atoms with van der Waals surface area (Å²) in [5.41, 5.74) is 15.0. The highest BCUT2D eigenvalue weighted by molar-refractivity contribution is 5.86. The Kier molecular flexibility index (Phi) is 6.85. The van der Waals surface area contributed by atoms with Crippen molar-refractivity contribution >= 4 is 5.69 Å². The first-order valence-corrected chi connectivity index (χ1v) is 15.9. The summed E-state index contributed by atoms with van der Waals surface area (Å²) >= 11 is 0. The van der Waals surface area contributed by atoms with Crippen molar-refractivity contribution in [3.8, 4) is 67.3 Å². The van der Waals surface area contributed by atoms with Gasteiger partial charge in [0.2, 0.25) is 0 Å². The van der Waals surface area contributed by atoms with Gasteiger partial charge >= 0.3 is 0 Å². The van der Waals surface area contributed by atoms with E-state index in [-0.39, 0.29) is 5.41 Å². The monoisotopic (exact) mass is 601 g/mol. The minimum Gasteiger partial charge on any atom is -0.238 e. The summed E-state index contributed by atoms with van der Waals surface area (Å²) < 4.78 is 0. The highest BCUT2D eigenvalue weighted by atomic mass is 14.9. The van der Waals surface area contributed by atoms with Crippen LogP contribution in [0.4, 0.5) is 5.69 Å². The van der Waals surface area contributed by atoms with Crippen LogP contribution in [0.25, 0.3) is 72.1 Å². The lowest BCUT2D eigenvalue weighted by Gasteiger charge is -2.22. The van der Waals surface area contributed by atoms with Gasteiger partial charge in [-0.25, -0.2) is 14.8 Å². The van der Waals surface area contributed by atoms with Crippen molar-refractivity contribution in [2.24, 2.45) is 0 Å². The Balaban J connectivity index is 1.17. The Hall–Kier alpha value is -6.11. The molecule has 0 spiro atoms. The van der Waals surface area contributed by atoms with E-state index < -0.39 is 0 Å². The molecule has 47 heavy (non-hydrogen) atoms. The first-order chi connectivity index (χ1) is 23.0. The lowest BCUT2D eigenvalue weighted by Crippen LogP contribution is -2.14. The number of hydrogen-bond donors (Lipinski definition) is 0. The van der Waals surface area contributed by atoms with Crippen LogP contribution < -0.4 is 0 Å². The van der Waals surface area contributed by atoms with Gasteiger partial charge in [-0.05, 0) is 68.8 Å².